The van der Waals surface area contributed by atoms with Gasteiger partial charge in [-0.2, -0.15) is 10.4 Å². The van der Waals surface area contributed by atoms with Gasteiger partial charge < -0.3 is 13.9 Å². The third kappa shape index (κ3) is 4.22. The Morgan fingerprint density at radius 3 is 2.87 bits per heavy atom. The number of halogens is 1. The number of amides is 1. The first kappa shape index (κ1) is 20.4. The van der Waals surface area contributed by atoms with E-state index < -0.39 is 5.91 Å². The minimum absolute atomic E-state index is 0.106. The molecule has 0 spiro atoms. The van der Waals surface area contributed by atoms with Crippen molar-refractivity contribution >= 4 is 49.8 Å². The SMILES string of the molecule is COc1cc(C=NNC(=O)c2cc3c(ccc4ccccc43)o2)cc(Br)c1OCC#N. The molecule has 31 heavy (non-hydrogen) atoms. The van der Waals surface area contributed by atoms with E-state index in [1.807, 2.05) is 42.5 Å². The third-order valence-corrected chi connectivity index (χ3v) is 5.15. The number of hydrogen-bond acceptors (Lipinski definition) is 6. The summed E-state index contributed by atoms with van der Waals surface area (Å²) in [5, 5.41) is 15.7. The summed E-state index contributed by atoms with van der Waals surface area (Å²) >= 11 is 3.39. The summed E-state index contributed by atoms with van der Waals surface area (Å²) < 4.78 is 17.0. The average Bonchev–Trinajstić information content (AvgIpc) is 3.23. The number of nitrogens with zero attached hydrogens (tertiary/aromatic N) is 2. The van der Waals surface area contributed by atoms with Crippen LogP contribution in [0.1, 0.15) is 16.1 Å². The van der Waals surface area contributed by atoms with Crippen molar-refractivity contribution in [3.8, 4) is 17.6 Å². The van der Waals surface area contributed by atoms with Gasteiger partial charge in [-0.15, -0.1) is 0 Å². The lowest BCUT2D eigenvalue weighted by Crippen LogP contribution is -2.16. The highest BCUT2D eigenvalue weighted by molar-refractivity contribution is 9.10. The normalized spacial score (nSPS) is 11.0. The standard InChI is InChI=1S/C23H16BrN3O4/c1-29-20-11-14(10-18(24)22(20)30-9-8-25)13-26-27-23(28)21-12-17-16-5-3-2-4-15(16)6-7-19(17)31-21/h2-7,10-13H,9H2,1H3,(H,27,28). The second-order valence-corrected chi connectivity index (χ2v) is 7.34. The minimum Gasteiger partial charge on any atom is -0.493 e. The molecule has 0 aliphatic carbocycles. The average molecular weight is 478 g/mol. The number of ether oxygens (including phenoxy) is 2. The summed E-state index contributed by atoms with van der Waals surface area (Å²) in [6.07, 6.45) is 1.47. The molecule has 0 saturated heterocycles. The van der Waals surface area contributed by atoms with Crippen LogP contribution < -0.4 is 14.9 Å². The summed E-state index contributed by atoms with van der Waals surface area (Å²) in [6, 6.07) is 18.7. The van der Waals surface area contributed by atoms with Crippen molar-refractivity contribution in [1.29, 1.82) is 5.26 Å². The molecule has 0 fully saturated rings. The highest BCUT2D eigenvalue weighted by atomic mass is 79.9. The Morgan fingerprint density at radius 1 is 1.23 bits per heavy atom. The van der Waals surface area contributed by atoms with Crippen molar-refractivity contribution in [1.82, 2.24) is 5.43 Å². The largest absolute Gasteiger partial charge is 0.493 e. The predicted molar refractivity (Wildman–Crippen MR) is 121 cm³/mol. The van der Waals surface area contributed by atoms with E-state index >= 15 is 0 Å². The minimum atomic E-state index is -0.462. The van der Waals surface area contributed by atoms with Crippen LogP contribution in [0.3, 0.4) is 0 Å². The van der Waals surface area contributed by atoms with E-state index in [9.17, 15) is 4.79 Å². The molecule has 0 bridgehead atoms. The van der Waals surface area contributed by atoms with E-state index in [1.165, 1.54) is 13.3 Å². The van der Waals surface area contributed by atoms with Gasteiger partial charge in [0.2, 0.25) is 0 Å². The van der Waals surface area contributed by atoms with E-state index in [4.69, 9.17) is 19.2 Å². The Labute approximate surface area is 186 Å². The highest BCUT2D eigenvalue weighted by Gasteiger charge is 2.14. The molecule has 0 atom stereocenters. The topological polar surface area (TPSA) is 96.8 Å². The third-order valence-electron chi connectivity index (χ3n) is 4.56. The van der Waals surface area contributed by atoms with Gasteiger partial charge >= 0.3 is 5.91 Å². The lowest BCUT2D eigenvalue weighted by atomic mass is 10.1. The van der Waals surface area contributed by atoms with Gasteiger partial charge in [0, 0.05) is 5.39 Å². The zero-order valence-electron chi connectivity index (χ0n) is 16.4. The van der Waals surface area contributed by atoms with Crippen LogP contribution >= 0.6 is 15.9 Å². The zero-order chi connectivity index (χ0) is 21.8. The van der Waals surface area contributed by atoms with Crippen LogP contribution in [-0.2, 0) is 0 Å². The van der Waals surface area contributed by atoms with Gasteiger partial charge in [0.15, 0.2) is 23.9 Å². The van der Waals surface area contributed by atoms with Gasteiger partial charge in [0.05, 0.1) is 17.8 Å². The molecule has 0 aliphatic rings. The molecule has 1 heterocycles. The van der Waals surface area contributed by atoms with Crippen LogP contribution in [0.2, 0.25) is 0 Å². The van der Waals surface area contributed by atoms with E-state index in [1.54, 1.807) is 18.2 Å². The Bertz CT molecular complexity index is 1350. The second-order valence-electron chi connectivity index (χ2n) is 6.49. The maximum absolute atomic E-state index is 12.5. The molecule has 1 amide bonds. The number of rotatable bonds is 6. The summed E-state index contributed by atoms with van der Waals surface area (Å²) in [6.45, 7) is -0.106. The van der Waals surface area contributed by atoms with Gasteiger partial charge in [-0.05, 0) is 56.5 Å². The van der Waals surface area contributed by atoms with Crippen LogP contribution in [0.15, 0.2) is 68.6 Å². The molecule has 0 saturated carbocycles. The number of furan rings is 1. The van der Waals surface area contributed by atoms with Crippen LogP contribution in [0.5, 0.6) is 11.5 Å². The van der Waals surface area contributed by atoms with Crippen molar-refractivity contribution in [2.45, 2.75) is 0 Å². The van der Waals surface area contributed by atoms with Gasteiger partial charge in [-0.25, -0.2) is 5.43 Å². The first-order chi connectivity index (χ1) is 15.1. The fourth-order valence-electron chi connectivity index (χ4n) is 3.18. The molecule has 8 heteroatoms. The summed E-state index contributed by atoms with van der Waals surface area (Å²) in [4.78, 5) is 12.5. The number of carbonyl (C=O) groups is 1. The monoisotopic (exact) mass is 477 g/mol. The van der Waals surface area contributed by atoms with Crippen LogP contribution in [-0.4, -0.2) is 25.8 Å². The fourth-order valence-corrected chi connectivity index (χ4v) is 3.76. The van der Waals surface area contributed by atoms with Gasteiger partial charge in [0.1, 0.15) is 11.7 Å². The summed E-state index contributed by atoms with van der Waals surface area (Å²) in [5.74, 6) is 0.556. The zero-order valence-corrected chi connectivity index (χ0v) is 18.0. The molecule has 4 rings (SSSR count). The van der Waals surface area contributed by atoms with Gasteiger partial charge in [0.25, 0.3) is 0 Å². The molecule has 0 unspecified atom stereocenters. The lowest BCUT2D eigenvalue weighted by Gasteiger charge is -2.11. The first-order valence-corrected chi connectivity index (χ1v) is 10.0. The number of nitriles is 1. The number of methoxy groups -OCH3 is 1. The highest BCUT2D eigenvalue weighted by Crippen LogP contribution is 2.36. The number of benzene rings is 3. The Hall–Kier alpha value is -3.83. The van der Waals surface area contributed by atoms with Crippen molar-refractivity contribution in [2.75, 3.05) is 13.7 Å². The van der Waals surface area contributed by atoms with Crippen LogP contribution in [0.4, 0.5) is 0 Å². The van der Waals surface area contributed by atoms with Crippen LogP contribution in [0, 0.1) is 11.3 Å². The van der Waals surface area contributed by atoms with Gasteiger partial charge in [-0.1, -0.05) is 30.3 Å². The second kappa shape index (κ2) is 8.90. The first-order valence-electron chi connectivity index (χ1n) is 9.22. The number of nitrogens with one attached hydrogen (secondary N) is 1. The summed E-state index contributed by atoms with van der Waals surface area (Å²) in [7, 11) is 1.50. The van der Waals surface area contributed by atoms with Crippen molar-refractivity contribution < 1.29 is 18.7 Å². The number of hydrogen-bond donors (Lipinski definition) is 1. The maximum atomic E-state index is 12.5. The van der Waals surface area contributed by atoms with E-state index in [-0.39, 0.29) is 12.4 Å². The van der Waals surface area contributed by atoms with Crippen molar-refractivity contribution in [3.63, 3.8) is 0 Å². The molecule has 7 nitrogen and oxygen atoms in total. The molecule has 1 N–H and O–H groups in total. The van der Waals surface area contributed by atoms with Crippen LogP contribution in [0.25, 0.3) is 21.7 Å². The Kier molecular flexibility index (Phi) is 5.87. The molecule has 0 aliphatic heterocycles. The smallest absolute Gasteiger partial charge is 0.307 e. The summed E-state index contributed by atoms with van der Waals surface area (Å²) in [5.41, 5.74) is 3.76. The Morgan fingerprint density at radius 2 is 2.06 bits per heavy atom. The van der Waals surface area contributed by atoms with Crippen molar-refractivity contribution in [2.24, 2.45) is 5.10 Å². The van der Waals surface area contributed by atoms with E-state index in [0.717, 1.165) is 16.2 Å². The number of hydrazone groups is 1. The van der Waals surface area contributed by atoms with Crippen molar-refractivity contribution in [3.05, 3.63) is 70.4 Å². The predicted octanol–water partition coefficient (Wildman–Crippen LogP) is 5.02. The molecule has 4 aromatic rings. The lowest BCUT2D eigenvalue weighted by molar-refractivity contribution is 0.0929. The molecular weight excluding hydrogens is 462 g/mol. The number of carbonyl (C=O) groups excluding carboxylic acids is 1. The molecule has 0 radical (unpaired) electrons. The molecule has 154 valence electrons. The van der Waals surface area contributed by atoms with E-state index in [2.05, 4.69) is 26.5 Å². The fraction of sp³-hybridized carbons (Fsp3) is 0.0870. The quantitative estimate of drug-likeness (QED) is 0.310. The molecule has 3 aromatic carbocycles. The van der Waals surface area contributed by atoms with Gasteiger partial charge in [-0.3, -0.25) is 4.79 Å². The number of fused-ring (bicyclic) bond motifs is 3. The molecule has 1 aromatic heterocycles. The maximum Gasteiger partial charge on any atom is 0.307 e. The molecular formula is C23H16BrN3O4. The van der Waals surface area contributed by atoms with E-state index in [0.29, 0.717) is 27.1 Å². The Balaban J connectivity index is 1.53.